The number of hydrogen-bond acceptors (Lipinski definition) is 3. The molecule has 0 saturated heterocycles. The summed E-state index contributed by atoms with van der Waals surface area (Å²) in [5.74, 6) is -1.16. The van der Waals surface area contributed by atoms with Gasteiger partial charge < -0.3 is 15.0 Å². The largest absolute Gasteiger partial charge is 0.477 e. The van der Waals surface area contributed by atoms with Crippen molar-refractivity contribution in [1.29, 1.82) is 0 Å². The zero-order valence-corrected chi connectivity index (χ0v) is 11.9. The smallest absolute Gasteiger partial charge is 0.352 e. The maximum Gasteiger partial charge on any atom is 0.352 e. The lowest BCUT2D eigenvalue weighted by molar-refractivity contribution is 0.0691. The number of benzene rings is 2. The molecule has 0 unspecified atom stereocenters. The number of carboxylic acid groups (broad SMARTS) is 1. The molecule has 0 fully saturated rings. The summed E-state index contributed by atoms with van der Waals surface area (Å²) in [4.78, 5) is 28.0. The number of hydrogen-bond donors (Lipinski definition) is 2. The molecule has 110 valence electrons. The Morgan fingerprint density at radius 3 is 2.50 bits per heavy atom. The Balaban J connectivity index is 2.26. The molecule has 0 spiro atoms. The molecule has 0 aliphatic carbocycles. The molecule has 3 rings (SSSR count). The standard InChI is InChI=1S/C17H14N2O3/c1-19(11-6-3-2-4-7-11)14-9-5-8-12-15(20)10-13(17(21)22)18-16(12)14/h2-10H,1H3,(H,18,20)(H,21,22). The highest BCUT2D eigenvalue weighted by molar-refractivity contribution is 5.96. The van der Waals surface area contributed by atoms with E-state index >= 15 is 0 Å². The normalized spacial score (nSPS) is 10.6. The van der Waals surface area contributed by atoms with Gasteiger partial charge in [-0.25, -0.2) is 4.79 Å². The average Bonchev–Trinajstić information content (AvgIpc) is 2.54. The van der Waals surface area contributed by atoms with Crippen LogP contribution in [-0.4, -0.2) is 23.1 Å². The van der Waals surface area contributed by atoms with E-state index in [2.05, 4.69) is 4.98 Å². The van der Waals surface area contributed by atoms with Crippen LogP contribution in [0.2, 0.25) is 0 Å². The number of aromatic nitrogens is 1. The quantitative estimate of drug-likeness (QED) is 0.779. The van der Waals surface area contributed by atoms with Gasteiger partial charge in [0.15, 0.2) is 5.43 Å². The van der Waals surface area contributed by atoms with Crippen molar-refractivity contribution in [2.45, 2.75) is 0 Å². The van der Waals surface area contributed by atoms with Gasteiger partial charge >= 0.3 is 5.97 Å². The second-order valence-corrected chi connectivity index (χ2v) is 4.95. The third kappa shape index (κ3) is 2.33. The summed E-state index contributed by atoms with van der Waals surface area (Å²) in [5.41, 5.74) is 1.76. The van der Waals surface area contributed by atoms with Crippen LogP contribution < -0.4 is 10.3 Å². The lowest BCUT2D eigenvalue weighted by atomic mass is 10.1. The summed E-state index contributed by atoms with van der Waals surface area (Å²) in [6.45, 7) is 0. The summed E-state index contributed by atoms with van der Waals surface area (Å²) in [5, 5.41) is 9.59. The predicted octanol–water partition coefficient (Wildman–Crippen LogP) is 2.99. The molecular weight excluding hydrogens is 280 g/mol. The van der Waals surface area contributed by atoms with Gasteiger partial charge in [0, 0.05) is 24.2 Å². The number of carbonyl (C=O) groups is 1. The van der Waals surface area contributed by atoms with E-state index in [0.717, 1.165) is 17.4 Å². The first-order valence-corrected chi connectivity index (χ1v) is 6.76. The Hall–Kier alpha value is -3.08. The SMILES string of the molecule is CN(c1ccccc1)c1cccc2c(=O)cc(C(=O)O)[nH]c12. The number of rotatable bonds is 3. The van der Waals surface area contributed by atoms with Crippen molar-refractivity contribution in [3.8, 4) is 0 Å². The molecule has 1 aromatic heterocycles. The van der Waals surface area contributed by atoms with Crippen LogP contribution in [0.4, 0.5) is 11.4 Å². The number of aromatic amines is 1. The number of anilines is 2. The first-order valence-electron chi connectivity index (χ1n) is 6.76. The van der Waals surface area contributed by atoms with Gasteiger partial charge in [-0.3, -0.25) is 4.79 Å². The van der Waals surface area contributed by atoms with Gasteiger partial charge in [-0.1, -0.05) is 24.3 Å². The van der Waals surface area contributed by atoms with E-state index in [1.54, 1.807) is 12.1 Å². The van der Waals surface area contributed by atoms with Gasteiger partial charge in [0.05, 0.1) is 11.2 Å². The second-order valence-electron chi connectivity index (χ2n) is 4.95. The van der Waals surface area contributed by atoms with Crippen molar-refractivity contribution < 1.29 is 9.90 Å². The van der Waals surface area contributed by atoms with Gasteiger partial charge in [-0.2, -0.15) is 0 Å². The summed E-state index contributed by atoms with van der Waals surface area (Å²) in [6.07, 6.45) is 0. The number of pyridine rings is 1. The topological polar surface area (TPSA) is 73.4 Å². The van der Waals surface area contributed by atoms with E-state index < -0.39 is 5.97 Å². The van der Waals surface area contributed by atoms with E-state index in [4.69, 9.17) is 5.11 Å². The van der Waals surface area contributed by atoms with Crippen LogP contribution in [0.3, 0.4) is 0 Å². The minimum atomic E-state index is -1.16. The average molecular weight is 294 g/mol. The van der Waals surface area contributed by atoms with Crippen LogP contribution in [-0.2, 0) is 0 Å². The maximum absolute atomic E-state index is 12.1. The third-order valence-electron chi connectivity index (χ3n) is 3.58. The van der Waals surface area contributed by atoms with Crippen LogP contribution in [0.5, 0.6) is 0 Å². The summed E-state index contributed by atoms with van der Waals surface area (Å²) >= 11 is 0. The van der Waals surface area contributed by atoms with E-state index in [1.165, 1.54) is 0 Å². The summed E-state index contributed by atoms with van der Waals surface area (Å²) in [7, 11) is 1.87. The number of aromatic carboxylic acids is 1. The summed E-state index contributed by atoms with van der Waals surface area (Å²) < 4.78 is 0. The molecule has 2 N–H and O–H groups in total. The lowest BCUT2D eigenvalue weighted by Crippen LogP contribution is -2.14. The van der Waals surface area contributed by atoms with Crippen molar-refractivity contribution in [2.75, 3.05) is 11.9 Å². The van der Waals surface area contributed by atoms with Crippen LogP contribution in [0.1, 0.15) is 10.5 Å². The molecule has 0 saturated carbocycles. The molecule has 3 aromatic rings. The first-order chi connectivity index (χ1) is 10.6. The molecule has 2 aromatic carbocycles. The molecule has 0 atom stereocenters. The molecule has 0 radical (unpaired) electrons. The van der Waals surface area contributed by atoms with Crippen molar-refractivity contribution in [3.63, 3.8) is 0 Å². The Bertz CT molecular complexity index is 901. The lowest BCUT2D eigenvalue weighted by Gasteiger charge is -2.21. The maximum atomic E-state index is 12.1. The van der Waals surface area contributed by atoms with Crippen LogP contribution in [0, 0.1) is 0 Å². The Kier molecular flexibility index (Phi) is 3.39. The van der Waals surface area contributed by atoms with Crippen LogP contribution in [0.25, 0.3) is 10.9 Å². The molecule has 0 aliphatic rings. The molecule has 5 heteroatoms. The third-order valence-corrected chi connectivity index (χ3v) is 3.58. The molecule has 0 bridgehead atoms. The summed E-state index contributed by atoms with van der Waals surface area (Å²) in [6, 6.07) is 16.1. The minimum absolute atomic E-state index is 0.119. The van der Waals surface area contributed by atoms with Gasteiger partial charge in [0.1, 0.15) is 5.69 Å². The molecule has 1 heterocycles. The van der Waals surface area contributed by atoms with Gasteiger partial charge in [-0.15, -0.1) is 0 Å². The number of fused-ring (bicyclic) bond motifs is 1. The van der Waals surface area contributed by atoms with E-state index in [0.29, 0.717) is 10.9 Å². The Morgan fingerprint density at radius 1 is 1.09 bits per heavy atom. The Morgan fingerprint density at radius 2 is 1.82 bits per heavy atom. The molecule has 0 amide bonds. The van der Waals surface area contributed by atoms with Gasteiger partial charge in [0.25, 0.3) is 0 Å². The van der Waals surface area contributed by atoms with Crippen molar-refractivity contribution >= 4 is 28.2 Å². The monoisotopic (exact) mass is 294 g/mol. The van der Waals surface area contributed by atoms with Crippen LogP contribution in [0.15, 0.2) is 59.4 Å². The molecule has 22 heavy (non-hydrogen) atoms. The van der Waals surface area contributed by atoms with E-state index in [1.807, 2.05) is 48.3 Å². The number of nitrogens with one attached hydrogen (secondary N) is 1. The van der Waals surface area contributed by atoms with E-state index in [9.17, 15) is 9.59 Å². The highest BCUT2D eigenvalue weighted by Crippen LogP contribution is 2.28. The number of H-pyrrole nitrogens is 1. The number of para-hydroxylation sites is 2. The number of carboxylic acids is 1. The molecular formula is C17H14N2O3. The van der Waals surface area contributed by atoms with Gasteiger partial charge in [-0.05, 0) is 24.3 Å². The zero-order chi connectivity index (χ0) is 15.7. The Labute approximate surface area is 126 Å². The fourth-order valence-corrected chi connectivity index (χ4v) is 2.44. The predicted molar refractivity (Wildman–Crippen MR) is 86.0 cm³/mol. The van der Waals surface area contributed by atoms with Crippen molar-refractivity contribution in [2.24, 2.45) is 0 Å². The van der Waals surface area contributed by atoms with E-state index in [-0.39, 0.29) is 11.1 Å². The first kappa shape index (κ1) is 13.9. The molecule has 5 nitrogen and oxygen atoms in total. The molecule has 0 aliphatic heterocycles. The minimum Gasteiger partial charge on any atom is -0.477 e. The zero-order valence-electron chi connectivity index (χ0n) is 11.9. The highest BCUT2D eigenvalue weighted by atomic mass is 16.4. The van der Waals surface area contributed by atoms with Gasteiger partial charge in [0.2, 0.25) is 0 Å². The second kappa shape index (κ2) is 5.37. The number of nitrogens with zero attached hydrogens (tertiary/aromatic N) is 1. The van der Waals surface area contributed by atoms with Crippen molar-refractivity contribution in [1.82, 2.24) is 4.98 Å². The highest BCUT2D eigenvalue weighted by Gasteiger charge is 2.13. The van der Waals surface area contributed by atoms with Crippen molar-refractivity contribution in [3.05, 3.63) is 70.5 Å². The fraction of sp³-hybridized carbons (Fsp3) is 0.0588. The fourth-order valence-electron chi connectivity index (χ4n) is 2.44. The van der Waals surface area contributed by atoms with Crippen LogP contribution >= 0.6 is 0 Å².